The predicted molar refractivity (Wildman–Crippen MR) is 406 cm³/mol. The maximum atomic E-state index is 11.8. The molecule has 454 valence electrons. The summed E-state index contributed by atoms with van der Waals surface area (Å²) in [6, 6.07) is 121. The van der Waals surface area contributed by atoms with Crippen LogP contribution in [0.15, 0.2) is 328 Å². The first kappa shape index (κ1) is 54.0. The summed E-state index contributed by atoms with van der Waals surface area (Å²) in [4.78, 5) is 5.73. The van der Waals surface area contributed by atoms with Crippen LogP contribution in [0.25, 0.3) is 187 Å². The van der Waals surface area contributed by atoms with Gasteiger partial charge in [0.25, 0.3) is 0 Å². The molecule has 21 rings (SSSR count). The van der Waals surface area contributed by atoms with E-state index >= 15 is 0 Å². The summed E-state index contributed by atoms with van der Waals surface area (Å²) in [7, 11) is 0. The highest BCUT2D eigenvalue weighted by Crippen LogP contribution is 2.47. The number of fused-ring (bicyclic) bond motifs is 18. The van der Waals surface area contributed by atoms with Crippen molar-refractivity contribution in [2.24, 2.45) is 0 Å². The fourth-order valence-electron chi connectivity index (χ4n) is 16.5. The monoisotopic (exact) mass is 1250 g/mol. The minimum absolute atomic E-state index is 0.510. The molecule has 0 bridgehead atoms. The Hall–Kier alpha value is -13.5. The zero-order chi connectivity index (χ0) is 64.3. The number of pyridine rings is 1. The highest BCUT2D eigenvalue weighted by Gasteiger charge is 2.27. The van der Waals surface area contributed by atoms with E-state index in [0.29, 0.717) is 5.56 Å². The van der Waals surface area contributed by atoms with Gasteiger partial charge in [0.15, 0.2) is 0 Å². The third-order valence-electron chi connectivity index (χ3n) is 20.6. The van der Waals surface area contributed by atoms with Crippen molar-refractivity contribution in [1.82, 2.24) is 32.4 Å². The molecule has 0 N–H and O–H groups in total. The molecule has 0 aliphatic rings. The van der Waals surface area contributed by atoms with Crippen LogP contribution in [0.5, 0.6) is 0 Å². The second-order valence-corrected chi connectivity index (χ2v) is 25.7. The van der Waals surface area contributed by atoms with Crippen molar-refractivity contribution in [1.29, 1.82) is 5.26 Å². The first-order valence-electron chi connectivity index (χ1n) is 33.3. The average molecular weight is 1250 g/mol. The third-order valence-corrected chi connectivity index (χ3v) is 20.6. The molecule has 0 unspecified atom stereocenters. The minimum Gasteiger partial charge on any atom is -0.309 e. The van der Waals surface area contributed by atoms with E-state index in [1.165, 1.54) is 43.1 Å². The fraction of sp³-hybridized carbons (Fsp3) is 0. The van der Waals surface area contributed by atoms with Gasteiger partial charge in [0.1, 0.15) is 0 Å². The lowest BCUT2D eigenvalue weighted by Crippen LogP contribution is -2.06. The van der Waals surface area contributed by atoms with E-state index in [2.05, 4.69) is 355 Å². The molecule has 0 atom stereocenters. The van der Waals surface area contributed by atoms with Gasteiger partial charge in [-0.25, -0.2) is 4.98 Å². The lowest BCUT2D eigenvalue weighted by atomic mass is 10.0. The number of para-hydroxylation sites is 8. The van der Waals surface area contributed by atoms with Gasteiger partial charge in [-0.3, -0.25) is 0 Å². The first-order valence-corrected chi connectivity index (χ1v) is 33.3. The minimum atomic E-state index is 0.510. The van der Waals surface area contributed by atoms with Crippen molar-refractivity contribution in [2.75, 3.05) is 0 Å². The van der Waals surface area contributed by atoms with E-state index in [1.54, 1.807) is 0 Å². The summed E-state index contributed by atoms with van der Waals surface area (Å²) in [5.74, 6) is 0. The van der Waals surface area contributed by atoms with Gasteiger partial charge < -0.3 is 27.4 Å². The average Bonchev–Trinajstić information content (AvgIpc) is 1.55. The van der Waals surface area contributed by atoms with Gasteiger partial charge in [-0.1, -0.05) is 182 Å². The van der Waals surface area contributed by atoms with E-state index in [1.807, 2.05) is 6.07 Å². The Labute approximate surface area is 561 Å². The maximum Gasteiger partial charge on any atom is 0.0993 e. The van der Waals surface area contributed by atoms with E-state index < -0.39 is 0 Å². The number of rotatable bonds is 8. The SMILES string of the molecule is N#Cc1cc(-n2c3ccc(-n4c5ccccc5c5ccccc54)cc3c3cc(-n4c5ccccc5c5ccccc54)ccc32)c(-c2cccc(-c3ccccc3)n2)c(-n2c3ccc(-n4c5ccccc5c5ccccc54)cc3c3cc(-n4c5ccccc5c5ccccc54)ccc32)c1. The lowest BCUT2D eigenvalue weighted by Gasteiger charge is -2.21. The van der Waals surface area contributed by atoms with Gasteiger partial charge in [-0.2, -0.15) is 5.26 Å². The standard InChI is InChI=1S/C90H54N8/c91-55-56-49-88(97-84-45-41-58(93-76-33-12-4-23-62(76)63-24-5-13-34-77(63)93)51-70(84)71-52-59(42-46-85(71)97)94-78-35-14-6-25-64(78)65-26-7-15-36-79(65)94)90(75-32-20-31-74(92-75)57-21-2-1-3-22-57)89(50-56)98-86-47-43-60(95-80-37-16-8-27-66(80)67-28-9-17-38-81(67)95)53-72(86)73-54-61(44-48-87(73)98)96-82-39-18-10-29-68(82)69-30-11-19-40-83(69)96/h1-54H. The molecular formula is C90H54N8. The Morgan fingerprint density at radius 1 is 0.214 bits per heavy atom. The normalized spacial score (nSPS) is 12.1. The number of aromatic nitrogens is 7. The molecule has 8 nitrogen and oxygen atoms in total. The van der Waals surface area contributed by atoms with Crippen molar-refractivity contribution in [2.45, 2.75) is 0 Å². The summed E-state index contributed by atoms with van der Waals surface area (Å²) >= 11 is 0. The topological polar surface area (TPSA) is 66.3 Å². The van der Waals surface area contributed by atoms with Gasteiger partial charge in [0.05, 0.1) is 101 Å². The van der Waals surface area contributed by atoms with Crippen molar-refractivity contribution in [3.05, 3.63) is 333 Å². The van der Waals surface area contributed by atoms with Crippen LogP contribution >= 0.6 is 0 Å². The van der Waals surface area contributed by atoms with Crippen LogP contribution in [-0.4, -0.2) is 32.4 Å². The van der Waals surface area contributed by atoms with E-state index in [4.69, 9.17) is 4.98 Å². The Morgan fingerprint density at radius 3 is 0.755 bits per heavy atom. The van der Waals surface area contributed by atoms with Crippen LogP contribution in [0.3, 0.4) is 0 Å². The summed E-state index contributed by atoms with van der Waals surface area (Å²) < 4.78 is 14.4. The molecule has 21 aromatic rings. The summed E-state index contributed by atoms with van der Waals surface area (Å²) in [6.45, 7) is 0. The van der Waals surface area contributed by atoms with E-state index in [-0.39, 0.29) is 0 Å². The number of benzene rings is 14. The largest absolute Gasteiger partial charge is 0.309 e. The van der Waals surface area contributed by atoms with Crippen LogP contribution in [0, 0.1) is 11.3 Å². The van der Waals surface area contributed by atoms with Crippen LogP contribution < -0.4 is 0 Å². The second kappa shape index (κ2) is 20.8. The van der Waals surface area contributed by atoms with Crippen LogP contribution in [0.1, 0.15) is 5.56 Å². The second-order valence-electron chi connectivity index (χ2n) is 25.7. The molecule has 98 heavy (non-hydrogen) atoms. The molecule has 0 saturated heterocycles. The predicted octanol–water partition coefficient (Wildman–Crippen LogP) is 22.9. The molecule has 0 aliphatic carbocycles. The number of nitriles is 1. The van der Waals surface area contributed by atoms with Crippen molar-refractivity contribution < 1.29 is 0 Å². The van der Waals surface area contributed by atoms with Crippen LogP contribution in [0.4, 0.5) is 0 Å². The van der Waals surface area contributed by atoms with E-state index in [0.717, 1.165) is 144 Å². The van der Waals surface area contributed by atoms with Crippen molar-refractivity contribution in [3.63, 3.8) is 0 Å². The molecule has 7 aromatic heterocycles. The summed E-state index contributed by atoms with van der Waals surface area (Å²) in [6.07, 6.45) is 0. The zero-order valence-electron chi connectivity index (χ0n) is 52.8. The highest BCUT2D eigenvalue weighted by atomic mass is 15.1. The molecule has 0 amide bonds. The molecule has 7 heterocycles. The maximum absolute atomic E-state index is 11.8. The molecule has 8 heteroatoms. The quantitative estimate of drug-likeness (QED) is 0.152. The van der Waals surface area contributed by atoms with Crippen LogP contribution in [0.2, 0.25) is 0 Å². The van der Waals surface area contributed by atoms with Gasteiger partial charge in [0.2, 0.25) is 0 Å². The number of hydrogen-bond acceptors (Lipinski definition) is 2. The third kappa shape index (κ3) is 7.72. The molecule has 0 aliphatic heterocycles. The fourth-order valence-corrected chi connectivity index (χ4v) is 16.5. The number of hydrogen-bond donors (Lipinski definition) is 0. The molecule has 0 fully saturated rings. The van der Waals surface area contributed by atoms with Gasteiger partial charge in [-0.15, -0.1) is 0 Å². The van der Waals surface area contributed by atoms with E-state index in [9.17, 15) is 5.26 Å². The Morgan fingerprint density at radius 2 is 0.469 bits per heavy atom. The van der Waals surface area contributed by atoms with Gasteiger partial charge in [0, 0.05) is 98.5 Å². The first-order chi connectivity index (χ1) is 48.6. The summed E-state index contributed by atoms with van der Waals surface area (Å²) in [5.41, 5.74) is 22.8. The van der Waals surface area contributed by atoms with Gasteiger partial charge >= 0.3 is 0 Å². The van der Waals surface area contributed by atoms with Crippen molar-refractivity contribution in [3.8, 4) is 62.7 Å². The zero-order valence-corrected chi connectivity index (χ0v) is 52.8. The molecule has 14 aromatic carbocycles. The Balaban J connectivity index is 0.889. The molecule has 0 radical (unpaired) electrons. The Bertz CT molecular complexity index is 6090. The lowest BCUT2D eigenvalue weighted by molar-refractivity contribution is 1.12. The van der Waals surface area contributed by atoms with Crippen molar-refractivity contribution >= 4 is 131 Å². The molecular weight excluding hydrogens is 1190 g/mol. The highest BCUT2D eigenvalue weighted by molar-refractivity contribution is 6.17. The Kier molecular flexibility index (Phi) is 11.4. The summed E-state index contributed by atoms with van der Waals surface area (Å²) in [5, 5.41) is 25.6. The van der Waals surface area contributed by atoms with Gasteiger partial charge in [-0.05, 0) is 146 Å². The van der Waals surface area contributed by atoms with Crippen LogP contribution in [-0.2, 0) is 0 Å². The number of nitrogens with zero attached hydrogens (tertiary/aromatic N) is 8. The smallest absolute Gasteiger partial charge is 0.0993 e. The molecule has 0 spiro atoms. The molecule has 0 saturated carbocycles.